The fraction of sp³-hybridized carbons (Fsp3) is 0.227. The van der Waals surface area contributed by atoms with Gasteiger partial charge in [0.1, 0.15) is 6.54 Å². The van der Waals surface area contributed by atoms with Crippen molar-refractivity contribution in [2.45, 2.75) is 31.2 Å². The largest absolute Gasteiger partial charge is 0.366 e. The maximum Gasteiger partial charge on any atom is 0.246 e. The molecule has 3 N–H and O–H groups in total. The maximum absolute atomic E-state index is 12.5. The van der Waals surface area contributed by atoms with Gasteiger partial charge in [0.2, 0.25) is 11.9 Å². The van der Waals surface area contributed by atoms with Crippen molar-refractivity contribution in [2.75, 3.05) is 11.1 Å². The number of nitrogens with zero attached hydrogens (tertiary/aromatic N) is 6. The minimum Gasteiger partial charge on any atom is -0.366 e. The van der Waals surface area contributed by atoms with E-state index < -0.39 is 0 Å². The van der Waals surface area contributed by atoms with Crippen molar-refractivity contribution in [2.24, 2.45) is 0 Å². The molecule has 0 spiro atoms. The number of hydrogen-bond acceptors (Lipinski definition) is 6. The van der Waals surface area contributed by atoms with E-state index >= 15 is 0 Å². The van der Waals surface area contributed by atoms with Crippen LogP contribution in [-0.2, 0) is 16.8 Å². The molecule has 3 heterocycles. The Morgan fingerprint density at radius 3 is 2.74 bits per heavy atom. The quantitative estimate of drug-likeness (QED) is 0.519. The Morgan fingerprint density at radius 1 is 1.23 bits per heavy atom. The van der Waals surface area contributed by atoms with Crippen LogP contribution in [0.2, 0.25) is 0 Å². The van der Waals surface area contributed by atoms with Crippen LogP contribution in [0.4, 0.5) is 11.6 Å². The Hall–Kier alpha value is -4.19. The lowest BCUT2D eigenvalue weighted by molar-refractivity contribution is -0.116. The number of fused-ring (bicyclic) bond motifs is 1. The summed E-state index contributed by atoms with van der Waals surface area (Å²) >= 11 is 0. The molecule has 1 aliphatic rings. The molecule has 0 radical (unpaired) electrons. The molecular formula is C22H20N8O. The molecule has 154 valence electrons. The minimum atomic E-state index is -0.352. The molecule has 0 bridgehead atoms. The molecule has 0 unspecified atom stereocenters. The van der Waals surface area contributed by atoms with Crippen LogP contribution in [0.3, 0.4) is 0 Å². The van der Waals surface area contributed by atoms with Gasteiger partial charge < -0.3 is 11.1 Å². The molecule has 1 amide bonds. The smallest absolute Gasteiger partial charge is 0.246 e. The summed E-state index contributed by atoms with van der Waals surface area (Å²) in [7, 11) is 0. The SMILES string of the molecule is N#CC1(c2ccc(NC(=O)Cn3cc(-c4ccn5nc(N)nc5c4)cn3)cc2)CCC1. The van der Waals surface area contributed by atoms with Gasteiger partial charge in [-0.1, -0.05) is 12.1 Å². The summed E-state index contributed by atoms with van der Waals surface area (Å²) in [6.45, 7) is 0.0873. The maximum atomic E-state index is 12.5. The summed E-state index contributed by atoms with van der Waals surface area (Å²) in [5.74, 6) is 0.0368. The molecule has 1 aromatic carbocycles. The van der Waals surface area contributed by atoms with Gasteiger partial charge >= 0.3 is 0 Å². The van der Waals surface area contributed by atoms with Gasteiger partial charge in [-0.25, -0.2) is 4.52 Å². The number of pyridine rings is 1. The van der Waals surface area contributed by atoms with Crippen molar-refractivity contribution in [1.82, 2.24) is 24.4 Å². The lowest BCUT2D eigenvalue weighted by atomic mass is 9.65. The summed E-state index contributed by atoms with van der Waals surface area (Å²) in [6, 6.07) is 13.7. The molecule has 0 atom stereocenters. The van der Waals surface area contributed by atoms with Gasteiger partial charge in [-0.15, -0.1) is 5.10 Å². The molecule has 31 heavy (non-hydrogen) atoms. The number of nitrogen functional groups attached to an aromatic ring is 1. The van der Waals surface area contributed by atoms with Crippen LogP contribution in [0.25, 0.3) is 16.8 Å². The monoisotopic (exact) mass is 412 g/mol. The first-order chi connectivity index (χ1) is 15.0. The average Bonchev–Trinajstić information content (AvgIpc) is 3.33. The van der Waals surface area contributed by atoms with Crippen molar-refractivity contribution < 1.29 is 4.79 Å². The Bertz CT molecular complexity index is 1310. The number of aromatic nitrogens is 5. The third-order valence-corrected chi connectivity index (χ3v) is 5.77. The zero-order valence-electron chi connectivity index (χ0n) is 16.7. The predicted molar refractivity (Wildman–Crippen MR) is 115 cm³/mol. The number of nitrogens with two attached hydrogens (primary N) is 1. The summed E-state index contributed by atoms with van der Waals surface area (Å²) < 4.78 is 3.19. The van der Waals surface area contributed by atoms with E-state index in [1.54, 1.807) is 21.6 Å². The third-order valence-electron chi connectivity index (χ3n) is 5.77. The molecule has 0 aliphatic heterocycles. The van der Waals surface area contributed by atoms with Gasteiger partial charge in [0.25, 0.3) is 0 Å². The second-order valence-electron chi connectivity index (χ2n) is 7.79. The van der Waals surface area contributed by atoms with Crippen LogP contribution in [0.15, 0.2) is 55.0 Å². The highest BCUT2D eigenvalue weighted by atomic mass is 16.2. The Labute approximate surface area is 178 Å². The van der Waals surface area contributed by atoms with Crippen LogP contribution in [0.1, 0.15) is 24.8 Å². The Kier molecular flexibility index (Phi) is 4.40. The lowest BCUT2D eigenvalue weighted by Gasteiger charge is -2.35. The molecule has 1 aliphatic carbocycles. The molecule has 1 fully saturated rings. The number of carbonyl (C=O) groups excluding carboxylic acids is 1. The van der Waals surface area contributed by atoms with Crippen molar-refractivity contribution >= 4 is 23.2 Å². The summed E-state index contributed by atoms with van der Waals surface area (Å²) in [6.07, 6.45) is 8.16. The van der Waals surface area contributed by atoms with E-state index in [4.69, 9.17) is 5.73 Å². The predicted octanol–water partition coefficient (Wildman–Crippen LogP) is 2.76. The number of carbonyl (C=O) groups is 1. The van der Waals surface area contributed by atoms with E-state index in [-0.39, 0.29) is 23.8 Å². The highest BCUT2D eigenvalue weighted by molar-refractivity contribution is 5.90. The number of hydrogen-bond donors (Lipinski definition) is 2. The summed E-state index contributed by atoms with van der Waals surface area (Å²) in [4.78, 5) is 16.6. The van der Waals surface area contributed by atoms with E-state index in [0.29, 0.717) is 11.3 Å². The number of benzene rings is 1. The average molecular weight is 412 g/mol. The zero-order valence-corrected chi connectivity index (χ0v) is 16.7. The van der Waals surface area contributed by atoms with Crippen LogP contribution < -0.4 is 11.1 Å². The number of nitriles is 1. The second-order valence-corrected chi connectivity index (χ2v) is 7.79. The fourth-order valence-electron chi connectivity index (χ4n) is 3.89. The van der Waals surface area contributed by atoms with Crippen molar-refractivity contribution in [3.8, 4) is 17.2 Å². The van der Waals surface area contributed by atoms with Crippen molar-refractivity contribution in [1.29, 1.82) is 5.26 Å². The van der Waals surface area contributed by atoms with Crippen molar-refractivity contribution in [3.05, 3.63) is 60.6 Å². The van der Waals surface area contributed by atoms with Crippen LogP contribution in [0, 0.1) is 11.3 Å². The second kappa shape index (κ2) is 7.25. The first-order valence-electron chi connectivity index (χ1n) is 10.0. The highest BCUT2D eigenvalue weighted by Crippen LogP contribution is 2.43. The van der Waals surface area contributed by atoms with E-state index in [2.05, 4.69) is 26.6 Å². The molecule has 9 nitrogen and oxygen atoms in total. The zero-order chi connectivity index (χ0) is 21.4. The molecule has 0 saturated heterocycles. The first-order valence-corrected chi connectivity index (χ1v) is 10.0. The van der Waals surface area contributed by atoms with Gasteiger partial charge in [0.15, 0.2) is 5.65 Å². The van der Waals surface area contributed by atoms with Gasteiger partial charge in [0.05, 0.1) is 17.7 Å². The van der Waals surface area contributed by atoms with Gasteiger partial charge in [-0.3, -0.25) is 9.48 Å². The number of amides is 1. The van der Waals surface area contributed by atoms with E-state index in [1.807, 2.05) is 42.6 Å². The molecule has 5 rings (SSSR count). The Balaban J connectivity index is 1.25. The van der Waals surface area contributed by atoms with Crippen LogP contribution in [0.5, 0.6) is 0 Å². The third kappa shape index (κ3) is 3.48. The number of anilines is 2. The number of nitrogens with one attached hydrogen (secondary N) is 1. The van der Waals surface area contributed by atoms with Gasteiger partial charge in [0, 0.05) is 23.6 Å². The summed E-state index contributed by atoms with van der Waals surface area (Å²) in [5.41, 5.74) is 9.41. The van der Waals surface area contributed by atoms with Gasteiger partial charge in [-0.05, 0) is 54.7 Å². The molecule has 9 heteroatoms. The van der Waals surface area contributed by atoms with E-state index in [9.17, 15) is 10.1 Å². The van der Waals surface area contributed by atoms with Crippen LogP contribution >= 0.6 is 0 Å². The molecular weight excluding hydrogens is 392 g/mol. The Morgan fingerprint density at radius 2 is 2.03 bits per heavy atom. The summed E-state index contributed by atoms with van der Waals surface area (Å²) in [5, 5.41) is 20.7. The van der Waals surface area contributed by atoms with E-state index in [1.165, 1.54) is 0 Å². The standard InChI is InChI=1S/C22H20N8O/c23-14-22(7-1-8-22)17-2-4-18(5-3-17)26-20(31)13-29-12-16(11-25-29)15-6-9-30-19(10-15)27-21(24)28-30/h2-6,9-12H,1,7-8,13H2,(H2,24,28)(H,26,31). The fourth-order valence-corrected chi connectivity index (χ4v) is 3.89. The van der Waals surface area contributed by atoms with Crippen LogP contribution in [-0.4, -0.2) is 30.3 Å². The lowest BCUT2D eigenvalue weighted by Crippen LogP contribution is -2.32. The van der Waals surface area contributed by atoms with Gasteiger partial charge in [-0.2, -0.15) is 15.3 Å². The molecule has 3 aromatic heterocycles. The molecule has 1 saturated carbocycles. The molecule has 4 aromatic rings. The topological polar surface area (TPSA) is 127 Å². The van der Waals surface area contributed by atoms with Crippen molar-refractivity contribution in [3.63, 3.8) is 0 Å². The van der Waals surface area contributed by atoms with E-state index in [0.717, 1.165) is 36.0 Å². The highest BCUT2D eigenvalue weighted by Gasteiger charge is 2.38. The number of rotatable bonds is 5. The first kappa shape index (κ1) is 18.8. The minimum absolute atomic E-state index is 0.0873. The normalized spacial score (nSPS) is 14.7.